The number of benzene rings is 1. The van der Waals surface area contributed by atoms with Crippen LogP contribution in [0.4, 0.5) is 0 Å². The molecule has 19 heavy (non-hydrogen) atoms. The number of rotatable bonds is 3. The first-order valence-electron chi connectivity index (χ1n) is 5.98. The molecule has 0 saturated heterocycles. The summed E-state index contributed by atoms with van der Waals surface area (Å²) < 4.78 is 0. The molecule has 0 fully saturated rings. The van der Waals surface area contributed by atoms with Gasteiger partial charge in [-0.3, -0.25) is 5.10 Å². The molecule has 0 aliphatic rings. The third-order valence-corrected chi connectivity index (χ3v) is 3.61. The van der Waals surface area contributed by atoms with Gasteiger partial charge in [-0.25, -0.2) is 4.98 Å². The summed E-state index contributed by atoms with van der Waals surface area (Å²) >= 11 is 1.64. The van der Waals surface area contributed by atoms with Crippen molar-refractivity contribution in [2.24, 2.45) is 0 Å². The summed E-state index contributed by atoms with van der Waals surface area (Å²) in [6.07, 6.45) is 3.84. The third-order valence-electron chi connectivity index (χ3n) is 2.90. The number of nitrogens with zero attached hydrogens (tertiary/aromatic N) is 2. The van der Waals surface area contributed by atoms with E-state index in [0.717, 1.165) is 27.5 Å². The molecule has 0 amide bonds. The molecule has 0 radical (unpaired) electrons. The van der Waals surface area contributed by atoms with Gasteiger partial charge in [0.05, 0.1) is 11.4 Å². The lowest BCUT2D eigenvalue weighted by Crippen LogP contribution is -1.85. The van der Waals surface area contributed by atoms with E-state index in [9.17, 15) is 0 Å². The molecule has 0 bridgehead atoms. The van der Waals surface area contributed by atoms with Gasteiger partial charge in [-0.15, -0.1) is 11.8 Å². The van der Waals surface area contributed by atoms with E-state index in [1.807, 2.05) is 36.7 Å². The zero-order chi connectivity index (χ0) is 13.1. The van der Waals surface area contributed by atoms with Crippen LogP contribution in [0.2, 0.25) is 0 Å². The van der Waals surface area contributed by atoms with Crippen LogP contribution in [-0.4, -0.2) is 21.4 Å². The maximum atomic E-state index is 4.38. The highest BCUT2D eigenvalue weighted by Crippen LogP contribution is 2.29. The summed E-state index contributed by atoms with van der Waals surface area (Å²) in [7, 11) is 0. The van der Waals surface area contributed by atoms with Crippen LogP contribution in [0.1, 0.15) is 0 Å². The van der Waals surface area contributed by atoms with Crippen LogP contribution in [0, 0.1) is 0 Å². The fraction of sp³-hybridized carbons (Fsp3) is 0.0667. The Morgan fingerprint density at radius 1 is 1.05 bits per heavy atom. The van der Waals surface area contributed by atoms with Gasteiger partial charge in [0, 0.05) is 17.3 Å². The number of thioether (sulfide) groups is 1. The zero-order valence-corrected chi connectivity index (χ0v) is 11.3. The molecule has 0 aliphatic heterocycles. The normalized spacial score (nSPS) is 10.6. The number of aromatic nitrogens is 3. The summed E-state index contributed by atoms with van der Waals surface area (Å²) in [6, 6.07) is 16.2. The average Bonchev–Trinajstić information content (AvgIpc) is 2.98. The maximum Gasteiger partial charge on any atom is 0.105 e. The van der Waals surface area contributed by atoms with Gasteiger partial charge in [-0.1, -0.05) is 30.3 Å². The minimum absolute atomic E-state index is 0.950. The Balaban J connectivity index is 2.02. The minimum Gasteiger partial charge on any atom is -0.277 e. The summed E-state index contributed by atoms with van der Waals surface area (Å²) in [5, 5.41) is 8.47. The standard InChI is InChI=1S/C15H13N3S/c1-19-15-12(8-5-9-16-15)14-10-13(17-18-14)11-6-3-2-4-7-11/h2-10H,1H3,(H,17,18). The summed E-state index contributed by atoms with van der Waals surface area (Å²) in [5.74, 6) is 0. The molecule has 2 aromatic heterocycles. The highest BCUT2D eigenvalue weighted by molar-refractivity contribution is 7.98. The molecule has 94 valence electrons. The molecular formula is C15H13N3S. The van der Waals surface area contributed by atoms with Crippen molar-refractivity contribution in [1.29, 1.82) is 0 Å². The Hall–Kier alpha value is -2.07. The zero-order valence-electron chi connectivity index (χ0n) is 10.5. The molecule has 3 nitrogen and oxygen atoms in total. The second-order valence-corrected chi connectivity index (χ2v) is 4.89. The Morgan fingerprint density at radius 3 is 2.68 bits per heavy atom. The molecule has 3 rings (SSSR count). The molecule has 4 heteroatoms. The van der Waals surface area contributed by atoms with Crippen LogP contribution in [0.15, 0.2) is 59.8 Å². The average molecular weight is 267 g/mol. The minimum atomic E-state index is 0.950. The van der Waals surface area contributed by atoms with Crippen molar-refractivity contribution in [2.45, 2.75) is 5.03 Å². The molecule has 0 aliphatic carbocycles. The predicted octanol–water partition coefficient (Wildman–Crippen LogP) is 3.86. The molecule has 0 saturated carbocycles. The van der Waals surface area contributed by atoms with Crippen molar-refractivity contribution in [3.05, 3.63) is 54.7 Å². The first-order chi connectivity index (χ1) is 9.38. The first kappa shape index (κ1) is 12.0. The van der Waals surface area contributed by atoms with E-state index in [1.165, 1.54) is 0 Å². The smallest absolute Gasteiger partial charge is 0.105 e. The van der Waals surface area contributed by atoms with Gasteiger partial charge in [0.1, 0.15) is 5.03 Å². The van der Waals surface area contributed by atoms with E-state index >= 15 is 0 Å². The molecule has 1 aromatic carbocycles. The lowest BCUT2D eigenvalue weighted by Gasteiger charge is -2.02. The van der Waals surface area contributed by atoms with Crippen LogP contribution in [0.3, 0.4) is 0 Å². The van der Waals surface area contributed by atoms with E-state index in [0.29, 0.717) is 0 Å². The Kier molecular flexibility index (Phi) is 3.33. The molecule has 0 unspecified atom stereocenters. The molecule has 1 N–H and O–H groups in total. The first-order valence-corrected chi connectivity index (χ1v) is 7.21. The van der Waals surface area contributed by atoms with Gasteiger partial charge in [-0.2, -0.15) is 5.10 Å². The number of pyridine rings is 1. The van der Waals surface area contributed by atoms with Gasteiger partial charge in [0.25, 0.3) is 0 Å². The summed E-state index contributed by atoms with van der Waals surface area (Å²) in [5.41, 5.74) is 4.15. The Morgan fingerprint density at radius 2 is 1.89 bits per heavy atom. The second-order valence-electron chi connectivity index (χ2n) is 4.09. The monoisotopic (exact) mass is 267 g/mol. The van der Waals surface area contributed by atoms with E-state index in [-0.39, 0.29) is 0 Å². The topological polar surface area (TPSA) is 41.6 Å². The second kappa shape index (κ2) is 5.28. The van der Waals surface area contributed by atoms with Crippen LogP contribution < -0.4 is 0 Å². The van der Waals surface area contributed by atoms with Gasteiger partial charge in [0.2, 0.25) is 0 Å². The lowest BCUT2D eigenvalue weighted by molar-refractivity contribution is 1.07. The molecular weight excluding hydrogens is 254 g/mol. The van der Waals surface area contributed by atoms with Crippen molar-refractivity contribution in [2.75, 3.05) is 6.26 Å². The van der Waals surface area contributed by atoms with Crippen LogP contribution in [-0.2, 0) is 0 Å². The van der Waals surface area contributed by atoms with Crippen molar-refractivity contribution >= 4 is 11.8 Å². The van der Waals surface area contributed by atoms with E-state index in [2.05, 4.69) is 39.4 Å². The van der Waals surface area contributed by atoms with Crippen molar-refractivity contribution in [3.63, 3.8) is 0 Å². The highest BCUT2D eigenvalue weighted by atomic mass is 32.2. The quantitative estimate of drug-likeness (QED) is 0.733. The molecule has 3 aromatic rings. The molecule has 0 spiro atoms. The maximum absolute atomic E-state index is 4.38. The number of aromatic amines is 1. The number of hydrogen-bond acceptors (Lipinski definition) is 3. The highest BCUT2D eigenvalue weighted by Gasteiger charge is 2.09. The SMILES string of the molecule is CSc1ncccc1-c1cc(-c2ccccc2)n[nH]1. The van der Waals surface area contributed by atoms with E-state index in [1.54, 1.807) is 11.8 Å². The summed E-state index contributed by atoms with van der Waals surface area (Å²) in [4.78, 5) is 4.37. The van der Waals surface area contributed by atoms with E-state index in [4.69, 9.17) is 0 Å². The van der Waals surface area contributed by atoms with Crippen LogP contribution in [0.5, 0.6) is 0 Å². The van der Waals surface area contributed by atoms with Crippen molar-refractivity contribution in [1.82, 2.24) is 15.2 Å². The van der Waals surface area contributed by atoms with Crippen LogP contribution >= 0.6 is 11.8 Å². The van der Waals surface area contributed by atoms with Crippen molar-refractivity contribution in [3.8, 4) is 22.5 Å². The molecule has 0 atom stereocenters. The Labute approximate surface area is 116 Å². The van der Waals surface area contributed by atoms with Gasteiger partial charge in [-0.05, 0) is 24.5 Å². The number of nitrogens with one attached hydrogen (secondary N) is 1. The summed E-state index contributed by atoms with van der Waals surface area (Å²) in [6.45, 7) is 0. The van der Waals surface area contributed by atoms with Crippen molar-refractivity contribution < 1.29 is 0 Å². The van der Waals surface area contributed by atoms with Crippen LogP contribution in [0.25, 0.3) is 22.5 Å². The molecule has 2 heterocycles. The van der Waals surface area contributed by atoms with E-state index < -0.39 is 0 Å². The fourth-order valence-corrected chi connectivity index (χ4v) is 2.54. The third kappa shape index (κ3) is 2.39. The number of H-pyrrole nitrogens is 1. The van der Waals surface area contributed by atoms with Gasteiger partial charge < -0.3 is 0 Å². The largest absolute Gasteiger partial charge is 0.277 e. The van der Waals surface area contributed by atoms with Gasteiger partial charge >= 0.3 is 0 Å². The Bertz CT molecular complexity index is 677. The predicted molar refractivity (Wildman–Crippen MR) is 79.0 cm³/mol. The number of hydrogen-bond donors (Lipinski definition) is 1. The fourth-order valence-electron chi connectivity index (χ4n) is 1.97. The van der Waals surface area contributed by atoms with Gasteiger partial charge in [0.15, 0.2) is 0 Å². The lowest BCUT2D eigenvalue weighted by atomic mass is 10.1.